The molecule has 200 valence electrons. The number of aliphatic carboxylic acids is 1. The van der Waals surface area contributed by atoms with Crippen LogP contribution in [0.1, 0.15) is 37.3 Å². The van der Waals surface area contributed by atoms with Gasteiger partial charge in [-0.3, -0.25) is 4.79 Å². The van der Waals surface area contributed by atoms with E-state index >= 15 is 0 Å². The molecule has 1 aromatic carbocycles. The van der Waals surface area contributed by atoms with Crippen LogP contribution in [0, 0.1) is 18.3 Å². The maximum Gasteiger partial charge on any atom is 0.415 e. The molecule has 6 N–H and O–H groups in total. The number of halogens is 3. The molecule has 1 unspecified atom stereocenters. The molecule has 8 nitrogen and oxygen atoms in total. The van der Waals surface area contributed by atoms with Crippen LogP contribution in [0.4, 0.5) is 18.9 Å². The minimum Gasteiger partial charge on any atom is -0.481 e. The van der Waals surface area contributed by atoms with Gasteiger partial charge >= 0.3 is 12.1 Å². The number of carbonyl (C=O) groups is 1. The van der Waals surface area contributed by atoms with E-state index in [1.807, 2.05) is 13.0 Å². The summed E-state index contributed by atoms with van der Waals surface area (Å²) in [7, 11) is 0. The maximum absolute atomic E-state index is 12.5. The molecule has 3 atom stereocenters. The van der Waals surface area contributed by atoms with Crippen molar-refractivity contribution in [3.05, 3.63) is 59.4 Å². The largest absolute Gasteiger partial charge is 0.481 e. The number of aryl methyl sites for hydroxylation is 1. The van der Waals surface area contributed by atoms with Crippen molar-refractivity contribution in [1.82, 2.24) is 4.98 Å². The fraction of sp³-hybridized carbons (Fsp3) is 0.400. The fourth-order valence-electron chi connectivity index (χ4n) is 4.41. The number of thiazole rings is 1. The number of aliphatic hydroxyl groups is 2. The number of aliphatic hydroxyl groups excluding tert-OH is 1. The van der Waals surface area contributed by atoms with Gasteiger partial charge < -0.3 is 26.4 Å². The van der Waals surface area contributed by atoms with Gasteiger partial charge in [0, 0.05) is 23.7 Å². The van der Waals surface area contributed by atoms with Crippen LogP contribution in [0.2, 0.25) is 0 Å². The van der Waals surface area contributed by atoms with Crippen molar-refractivity contribution in [2.75, 3.05) is 5.32 Å². The Labute approximate surface area is 216 Å². The molecule has 37 heavy (non-hydrogen) atoms. The number of anilines is 1. The Morgan fingerprint density at radius 2 is 2.03 bits per heavy atom. The fourth-order valence-corrected chi connectivity index (χ4v) is 5.45. The molecule has 0 radical (unpaired) electrons. The number of nitrogens with zero attached hydrogens (tertiary/aromatic N) is 2. The molecule has 1 aliphatic rings. The number of aliphatic imine (C=N–C) groups is 1. The first kappa shape index (κ1) is 28.4. The average molecular weight is 539 g/mol. The van der Waals surface area contributed by atoms with Gasteiger partial charge in [0.25, 0.3) is 0 Å². The Morgan fingerprint density at radius 1 is 1.35 bits per heavy atom. The van der Waals surface area contributed by atoms with E-state index in [9.17, 15) is 33.3 Å². The zero-order valence-corrected chi connectivity index (χ0v) is 21.3. The van der Waals surface area contributed by atoms with Crippen LogP contribution < -0.4 is 11.1 Å². The molecule has 1 aliphatic carbocycles. The maximum atomic E-state index is 12.5. The molecule has 2 aromatic rings. The predicted octanol–water partition coefficient (Wildman–Crippen LogP) is 4.55. The SMILES string of the molecule is C=C(/C=C\N=C(N)Nc1cc(C)cc(-c2cnc([C@]3(O)CC(C)(C)C(C(=O)O)C[C@H]3O)s2)c1)C(F)(F)F. The van der Waals surface area contributed by atoms with Crippen molar-refractivity contribution < 1.29 is 33.3 Å². The lowest BCUT2D eigenvalue weighted by atomic mass is 9.62. The average Bonchev–Trinajstić information content (AvgIpc) is 3.26. The number of nitrogens with one attached hydrogen (secondary N) is 1. The highest BCUT2D eigenvalue weighted by Crippen LogP contribution is 2.51. The van der Waals surface area contributed by atoms with Gasteiger partial charge in [0.2, 0.25) is 0 Å². The van der Waals surface area contributed by atoms with Crippen molar-refractivity contribution in [3.63, 3.8) is 0 Å². The lowest BCUT2D eigenvalue weighted by Crippen LogP contribution is -2.53. The second-order valence-electron chi connectivity index (χ2n) is 9.83. The van der Waals surface area contributed by atoms with Crippen molar-refractivity contribution in [2.24, 2.45) is 22.1 Å². The van der Waals surface area contributed by atoms with Crippen molar-refractivity contribution >= 4 is 29.0 Å². The zero-order valence-electron chi connectivity index (χ0n) is 20.5. The molecule has 0 aliphatic heterocycles. The van der Waals surface area contributed by atoms with Crippen LogP contribution in [0.25, 0.3) is 10.4 Å². The van der Waals surface area contributed by atoms with E-state index < -0.39 is 40.8 Å². The van der Waals surface area contributed by atoms with E-state index in [1.165, 1.54) is 11.3 Å². The Morgan fingerprint density at radius 3 is 2.65 bits per heavy atom. The summed E-state index contributed by atoms with van der Waals surface area (Å²) in [5.41, 5.74) is 4.34. The molecule has 1 aromatic heterocycles. The van der Waals surface area contributed by atoms with E-state index in [0.717, 1.165) is 17.3 Å². The minimum atomic E-state index is -4.55. The molecule has 0 bridgehead atoms. The van der Waals surface area contributed by atoms with E-state index in [2.05, 4.69) is 21.9 Å². The topological polar surface area (TPSA) is 141 Å². The van der Waals surface area contributed by atoms with E-state index in [0.29, 0.717) is 16.6 Å². The molecule has 1 heterocycles. The quantitative estimate of drug-likeness (QED) is 0.206. The van der Waals surface area contributed by atoms with Crippen LogP contribution in [0.15, 0.2) is 53.8 Å². The van der Waals surface area contributed by atoms with Crippen molar-refractivity contribution in [3.8, 4) is 10.4 Å². The molecular formula is C25H29F3N4O4S. The second-order valence-corrected chi connectivity index (χ2v) is 10.9. The number of hydrogen-bond donors (Lipinski definition) is 5. The summed E-state index contributed by atoms with van der Waals surface area (Å²) in [6, 6.07) is 5.37. The number of nitrogens with two attached hydrogens (primary N) is 1. The van der Waals surface area contributed by atoms with Crippen molar-refractivity contribution in [2.45, 2.75) is 51.5 Å². The summed E-state index contributed by atoms with van der Waals surface area (Å²) in [6.07, 6.45) is -2.77. The molecule has 3 rings (SSSR count). The van der Waals surface area contributed by atoms with Crippen LogP contribution in [-0.4, -0.2) is 44.5 Å². The number of benzene rings is 1. The molecule has 1 fully saturated rings. The third-order valence-corrected chi connectivity index (χ3v) is 7.55. The molecule has 1 saturated carbocycles. The lowest BCUT2D eigenvalue weighted by Gasteiger charge is -2.47. The first-order chi connectivity index (χ1) is 17.0. The van der Waals surface area contributed by atoms with E-state index in [-0.39, 0.29) is 23.8 Å². The number of alkyl halides is 3. The van der Waals surface area contributed by atoms with Gasteiger partial charge in [-0.25, -0.2) is 9.98 Å². The Hall–Kier alpha value is -3.22. The molecule has 12 heteroatoms. The van der Waals surface area contributed by atoms with E-state index in [1.54, 1.807) is 32.2 Å². The highest BCUT2D eigenvalue weighted by Gasteiger charge is 2.54. The van der Waals surface area contributed by atoms with Gasteiger partial charge in [0.05, 0.1) is 16.9 Å². The van der Waals surface area contributed by atoms with Crippen molar-refractivity contribution in [1.29, 1.82) is 0 Å². The number of hydrogen-bond acceptors (Lipinski definition) is 6. The summed E-state index contributed by atoms with van der Waals surface area (Å²) in [6.45, 7) is 8.25. The van der Waals surface area contributed by atoms with Crippen LogP contribution in [-0.2, 0) is 10.4 Å². The predicted molar refractivity (Wildman–Crippen MR) is 136 cm³/mol. The summed E-state index contributed by atoms with van der Waals surface area (Å²) >= 11 is 1.18. The van der Waals surface area contributed by atoms with Crippen LogP contribution in [0.5, 0.6) is 0 Å². The smallest absolute Gasteiger partial charge is 0.415 e. The van der Waals surface area contributed by atoms with Gasteiger partial charge in [-0.05, 0) is 54.5 Å². The summed E-state index contributed by atoms with van der Waals surface area (Å²) < 4.78 is 37.6. The Balaban J connectivity index is 1.83. The zero-order chi connectivity index (χ0) is 27.8. The van der Waals surface area contributed by atoms with Crippen LogP contribution >= 0.6 is 11.3 Å². The number of aromatic nitrogens is 1. The summed E-state index contributed by atoms with van der Waals surface area (Å²) in [5.74, 6) is -1.96. The number of rotatable bonds is 6. The van der Waals surface area contributed by atoms with Gasteiger partial charge in [-0.1, -0.05) is 26.5 Å². The van der Waals surface area contributed by atoms with Gasteiger partial charge in [-0.2, -0.15) is 13.2 Å². The summed E-state index contributed by atoms with van der Waals surface area (Å²) in [5, 5.41) is 34.7. The van der Waals surface area contributed by atoms with E-state index in [4.69, 9.17) is 5.73 Å². The highest BCUT2D eigenvalue weighted by atomic mass is 32.1. The number of guanidine groups is 1. The second kappa shape index (κ2) is 10.3. The third kappa shape index (κ3) is 6.38. The van der Waals surface area contributed by atoms with Gasteiger partial charge in [-0.15, -0.1) is 11.3 Å². The highest BCUT2D eigenvalue weighted by molar-refractivity contribution is 7.15. The third-order valence-electron chi connectivity index (χ3n) is 6.34. The first-order valence-electron chi connectivity index (χ1n) is 11.3. The van der Waals surface area contributed by atoms with Gasteiger partial charge in [0.1, 0.15) is 10.6 Å². The standard InChI is InChI=1S/C25H29F3N4O4S/c1-13-7-15(9-16(8-13)32-22(29)30-6-5-14(2)25(26,27)28)18-11-31-21(37-18)24(36)12-23(3,4)17(20(34)35)10-19(24)33/h5-9,11,17,19,33,36H,2,10,12H2,1,3-4H3,(H,34,35)(H3,29,30,32)/b6-5-/t17?,19-,24+/m1/s1. The normalized spacial score (nSPS) is 24.3. The molecule has 0 spiro atoms. The first-order valence-corrected chi connectivity index (χ1v) is 12.1. The monoisotopic (exact) mass is 538 g/mol. The summed E-state index contributed by atoms with van der Waals surface area (Å²) in [4.78, 5) is 20.4. The number of carboxylic acids is 1. The van der Waals surface area contributed by atoms with Crippen LogP contribution in [0.3, 0.4) is 0 Å². The molecule has 0 saturated heterocycles. The number of carboxylic acid groups (broad SMARTS) is 1. The minimum absolute atomic E-state index is 0.0208. The molecular weight excluding hydrogens is 509 g/mol. The molecule has 0 amide bonds. The Bertz CT molecular complexity index is 1250. The number of allylic oxidation sites excluding steroid dienone is 2. The van der Waals surface area contributed by atoms with Gasteiger partial charge in [0.15, 0.2) is 5.96 Å². The Kier molecular flexibility index (Phi) is 7.87. The lowest BCUT2D eigenvalue weighted by molar-refractivity contribution is -0.175.